The number of halogens is 3. The van der Waals surface area contributed by atoms with Gasteiger partial charge in [0.05, 0.1) is 10.5 Å². The maximum Gasteiger partial charge on any atom is 0.416 e. The molecule has 1 aromatic carbocycles. The zero-order chi connectivity index (χ0) is 22.0. The molecular formula is C17H20F3N3O6. The SMILES string of the molecule is CC(=O)NCCCCCC(=O)OCC(=O)Nc1ccc(C(F)(F)F)cc1[N+](=O)[O-]. The number of esters is 1. The van der Waals surface area contributed by atoms with Crippen LogP contribution in [0.5, 0.6) is 0 Å². The molecule has 0 saturated carbocycles. The van der Waals surface area contributed by atoms with Crippen molar-refractivity contribution >= 4 is 29.2 Å². The Hall–Kier alpha value is -3.18. The molecule has 1 rings (SSSR count). The van der Waals surface area contributed by atoms with Gasteiger partial charge in [0.25, 0.3) is 11.6 Å². The number of unbranched alkanes of at least 4 members (excludes halogenated alkanes) is 2. The number of hydrogen-bond acceptors (Lipinski definition) is 6. The fraction of sp³-hybridized carbons (Fsp3) is 0.471. The van der Waals surface area contributed by atoms with E-state index in [-0.39, 0.29) is 12.3 Å². The molecule has 2 amide bonds. The maximum atomic E-state index is 12.7. The molecule has 0 unspecified atom stereocenters. The molecule has 2 N–H and O–H groups in total. The number of carbonyl (C=O) groups excluding carboxylic acids is 3. The first kappa shape index (κ1) is 23.9. The van der Waals surface area contributed by atoms with Gasteiger partial charge in [-0.15, -0.1) is 0 Å². The van der Waals surface area contributed by atoms with Crippen LogP contribution in [-0.2, 0) is 25.3 Å². The Morgan fingerprint density at radius 2 is 1.86 bits per heavy atom. The van der Waals surface area contributed by atoms with Crippen molar-refractivity contribution < 1.29 is 37.2 Å². The minimum Gasteiger partial charge on any atom is -0.456 e. The highest BCUT2D eigenvalue weighted by Crippen LogP contribution is 2.34. The Balaban J connectivity index is 2.47. The van der Waals surface area contributed by atoms with Crippen LogP contribution in [0.15, 0.2) is 18.2 Å². The van der Waals surface area contributed by atoms with E-state index in [1.54, 1.807) is 0 Å². The number of rotatable bonds is 10. The lowest BCUT2D eigenvalue weighted by molar-refractivity contribution is -0.384. The van der Waals surface area contributed by atoms with E-state index in [4.69, 9.17) is 4.74 Å². The van der Waals surface area contributed by atoms with Crippen LogP contribution in [0.3, 0.4) is 0 Å². The first-order chi connectivity index (χ1) is 13.5. The summed E-state index contributed by atoms with van der Waals surface area (Å²) < 4.78 is 42.7. The second-order valence-electron chi connectivity index (χ2n) is 5.99. The van der Waals surface area contributed by atoms with Gasteiger partial charge in [-0.25, -0.2) is 0 Å². The molecule has 0 aliphatic rings. The highest BCUT2D eigenvalue weighted by atomic mass is 19.4. The van der Waals surface area contributed by atoms with Gasteiger partial charge in [0.1, 0.15) is 5.69 Å². The molecule has 0 aliphatic heterocycles. The van der Waals surface area contributed by atoms with E-state index >= 15 is 0 Å². The predicted octanol–water partition coefficient (Wildman–Crippen LogP) is 2.79. The van der Waals surface area contributed by atoms with Gasteiger partial charge in [0.2, 0.25) is 5.91 Å². The monoisotopic (exact) mass is 419 g/mol. The molecule has 0 atom stereocenters. The number of nitro benzene ring substituents is 1. The number of ether oxygens (including phenoxy) is 1. The lowest BCUT2D eigenvalue weighted by Crippen LogP contribution is -2.22. The van der Waals surface area contributed by atoms with Crippen molar-refractivity contribution in [2.24, 2.45) is 0 Å². The Labute approximate surface area is 163 Å². The third kappa shape index (κ3) is 9.04. The van der Waals surface area contributed by atoms with Crippen LogP contribution in [0.25, 0.3) is 0 Å². The molecule has 1 aromatic rings. The lowest BCUT2D eigenvalue weighted by atomic mass is 10.1. The van der Waals surface area contributed by atoms with E-state index in [1.165, 1.54) is 6.92 Å². The minimum atomic E-state index is -4.77. The van der Waals surface area contributed by atoms with Crippen LogP contribution < -0.4 is 10.6 Å². The van der Waals surface area contributed by atoms with Crippen molar-refractivity contribution in [1.29, 1.82) is 0 Å². The summed E-state index contributed by atoms with van der Waals surface area (Å²) in [5.41, 5.74) is -2.60. The van der Waals surface area contributed by atoms with Gasteiger partial charge in [-0.3, -0.25) is 24.5 Å². The van der Waals surface area contributed by atoms with Gasteiger partial charge in [-0.1, -0.05) is 6.42 Å². The Morgan fingerprint density at radius 3 is 2.45 bits per heavy atom. The summed E-state index contributed by atoms with van der Waals surface area (Å²) in [5, 5.41) is 15.6. The molecule has 0 saturated heterocycles. The van der Waals surface area contributed by atoms with Crippen molar-refractivity contribution in [3.8, 4) is 0 Å². The highest BCUT2D eigenvalue weighted by Gasteiger charge is 2.33. The van der Waals surface area contributed by atoms with Gasteiger partial charge in [-0.2, -0.15) is 13.2 Å². The summed E-state index contributed by atoms with van der Waals surface area (Å²) in [6.45, 7) is 1.14. The molecule has 0 aliphatic carbocycles. The van der Waals surface area contributed by atoms with E-state index in [0.29, 0.717) is 37.9 Å². The predicted molar refractivity (Wildman–Crippen MR) is 94.8 cm³/mol. The average molecular weight is 419 g/mol. The zero-order valence-corrected chi connectivity index (χ0v) is 15.5. The van der Waals surface area contributed by atoms with Crippen molar-refractivity contribution in [3.05, 3.63) is 33.9 Å². The van der Waals surface area contributed by atoms with Gasteiger partial charge < -0.3 is 15.4 Å². The number of benzene rings is 1. The third-order valence-corrected chi connectivity index (χ3v) is 3.59. The van der Waals surface area contributed by atoms with Gasteiger partial charge in [0.15, 0.2) is 6.61 Å². The number of anilines is 1. The Morgan fingerprint density at radius 1 is 1.17 bits per heavy atom. The van der Waals surface area contributed by atoms with Crippen molar-refractivity contribution in [3.63, 3.8) is 0 Å². The van der Waals surface area contributed by atoms with Gasteiger partial charge in [0, 0.05) is 26.0 Å². The van der Waals surface area contributed by atoms with Crippen LogP contribution >= 0.6 is 0 Å². The van der Waals surface area contributed by atoms with E-state index in [9.17, 15) is 37.7 Å². The van der Waals surface area contributed by atoms with Crippen molar-refractivity contribution in [2.45, 2.75) is 38.8 Å². The fourth-order valence-electron chi connectivity index (χ4n) is 2.20. The first-order valence-electron chi connectivity index (χ1n) is 8.56. The molecule has 160 valence electrons. The molecule has 12 heteroatoms. The normalized spacial score (nSPS) is 10.9. The molecule has 0 spiro atoms. The highest BCUT2D eigenvalue weighted by molar-refractivity contribution is 5.94. The standard InChI is InChI=1S/C17H20F3N3O6/c1-11(24)21-8-4-2-3-5-16(26)29-10-15(25)22-13-7-6-12(17(18,19)20)9-14(13)23(27)28/h6-7,9H,2-5,8,10H2,1H3,(H,21,24)(H,22,25). The second kappa shape index (κ2) is 11.0. The quantitative estimate of drug-likeness (QED) is 0.260. The molecule has 0 bridgehead atoms. The van der Waals surface area contributed by atoms with Crippen molar-refractivity contribution in [2.75, 3.05) is 18.5 Å². The zero-order valence-electron chi connectivity index (χ0n) is 15.5. The number of alkyl halides is 3. The van der Waals surface area contributed by atoms with Crippen LogP contribution in [0.2, 0.25) is 0 Å². The number of amides is 2. The molecule has 0 heterocycles. The molecule has 0 radical (unpaired) electrons. The second-order valence-corrected chi connectivity index (χ2v) is 5.99. The summed E-state index contributed by atoms with van der Waals surface area (Å²) >= 11 is 0. The Bertz CT molecular complexity index is 767. The van der Waals surface area contributed by atoms with E-state index in [2.05, 4.69) is 10.6 Å². The summed E-state index contributed by atoms with van der Waals surface area (Å²) in [7, 11) is 0. The number of nitro groups is 1. The van der Waals surface area contributed by atoms with E-state index in [1.807, 2.05) is 0 Å². The summed E-state index contributed by atoms with van der Waals surface area (Å²) in [5.74, 6) is -1.74. The Kier molecular flexibility index (Phi) is 9.03. The molecule has 0 aromatic heterocycles. The molecule has 0 fully saturated rings. The number of hydrogen-bond donors (Lipinski definition) is 2. The third-order valence-electron chi connectivity index (χ3n) is 3.59. The number of carbonyl (C=O) groups is 3. The molecule has 29 heavy (non-hydrogen) atoms. The topological polar surface area (TPSA) is 128 Å². The van der Waals surface area contributed by atoms with Gasteiger partial charge in [-0.05, 0) is 25.0 Å². The van der Waals surface area contributed by atoms with Crippen LogP contribution in [0.4, 0.5) is 24.5 Å². The number of nitrogens with zero attached hydrogens (tertiary/aromatic N) is 1. The van der Waals surface area contributed by atoms with E-state index in [0.717, 1.165) is 6.07 Å². The average Bonchev–Trinajstić information content (AvgIpc) is 2.61. The van der Waals surface area contributed by atoms with Crippen LogP contribution in [0, 0.1) is 10.1 Å². The van der Waals surface area contributed by atoms with E-state index < -0.39 is 46.5 Å². The maximum absolute atomic E-state index is 12.7. The number of nitrogens with one attached hydrogen (secondary N) is 2. The van der Waals surface area contributed by atoms with Crippen molar-refractivity contribution in [1.82, 2.24) is 5.32 Å². The summed E-state index contributed by atoms with van der Waals surface area (Å²) in [4.78, 5) is 43.9. The largest absolute Gasteiger partial charge is 0.456 e. The van der Waals surface area contributed by atoms with Crippen LogP contribution in [0.1, 0.15) is 38.2 Å². The fourth-order valence-corrected chi connectivity index (χ4v) is 2.20. The summed E-state index contributed by atoms with van der Waals surface area (Å²) in [6, 6.07) is 1.66. The molecular weight excluding hydrogens is 399 g/mol. The first-order valence-corrected chi connectivity index (χ1v) is 8.56. The van der Waals surface area contributed by atoms with Crippen LogP contribution in [-0.4, -0.2) is 35.9 Å². The molecule has 9 nitrogen and oxygen atoms in total. The summed E-state index contributed by atoms with van der Waals surface area (Å²) in [6.07, 6.45) is -2.94. The van der Waals surface area contributed by atoms with Gasteiger partial charge >= 0.3 is 12.1 Å². The minimum absolute atomic E-state index is 0.0355. The smallest absolute Gasteiger partial charge is 0.416 e. The lowest BCUT2D eigenvalue weighted by Gasteiger charge is -2.10.